The molecule has 12 heteroatoms. The van der Waals surface area contributed by atoms with Gasteiger partial charge in [0, 0.05) is 63.0 Å². The third kappa shape index (κ3) is 14.3. The quantitative estimate of drug-likeness (QED) is 0.109. The highest BCUT2D eigenvalue weighted by atomic mass is 32.2. The summed E-state index contributed by atoms with van der Waals surface area (Å²) in [5.74, 6) is 1.05. The maximum atomic E-state index is 12.0. The highest BCUT2D eigenvalue weighted by Crippen LogP contribution is 2.33. The average Bonchev–Trinajstić information content (AvgIpc) is 3.46. The molecule has 0 radical (unpaired) electrons. The van der Waals surface area contributed by atoms with Crippen LogP contribution in [0.1, 0.15) is 64.7 Å². The van der Waals surface area contributed by atoms with Crippen LogP contribution in [0.5, 0.6) is 0 Å². The number of carbonyl (C=O) groups excluding carboxylic acids is 4. The number of urea groups is 1. The predicted octanol–water partition coefficient (Wildman–Crippen LogP) is 1.53. The summed E-state index contributed by atoms with van der Waals surface area (Å²) in [6, 6.07) is 0.424. The van der Waals surface area contributed by atoms with Crippen LogP contribution in [0.4, 0.5) is 4.79 Å². The van der Waals surface area contributed by atoms with E-state index in [2.05, 4.69) is 21.3 Å². The Morgan fingerprint density at radius 1 is 0.816 bits per heavy atom. The Labute approximate surface area is 230 Å². The van der Waals surface area contributed by atoms with E-state index in [9.17, 15) is 19.2 Å². The summed E-state index contributed by atoms with van der Waals surface area (Å²) in [4.78, 5) is 46.2. The lowest BCUT2D eigenvalue weighted by Gasteiger charge is -2.16. The Balaban J connectivity index is 1.26. The second kappa shape index (κ2) is 20.1. The topological polar surface area (TPSA) is 144 Å². The molecule has 3 atom stereocenters. The lowest BCUT2D eigenvalue weighted by atomic mass is 10.0. The number of thioether (sulfide) groups is 1. The van der Waals surface area contributed by atoms with Crippen molar-refractivity contribution in [2.24, 2.45) is 0 Å². The van der Waals surface area contributed by atoms with E-state index in [0.717, 1.165) is 31.4 Å². The van der Waals surface area contributed by atoms with Crippen molar-refractivity contribution in [3.63, 3.8) is 0 Å². The van der Waals surface area contributed by atoms with Crippen molar-refractivity contribution >= 4 is 35.4 Å². The number of ether oxygens (including phenoxy) is 3. The zero-order chi connectivity index (χ0) is 27.4. The molecule has 0 aliphatic carbocycles. The molecule has 2 fully saturated rings. The molecule has 0 aromatic carbocycles. The molecule has 2 saturated heterocycles. The van der Waals surface area contributed by atoms with Crippen molar-refractivity contribution in [2.75, 3.05) is 58.5 Å². The minimum Gasteiger partial charge on any atom is -0.379 e. The van der Waals surface area contributed by atoms with Crippen LogP contribution in [-0.4, -0.2) is 99.4 Å². The first-order valence-corrected chi connectivity index (χ1v) is 15.0. The fourth-order valence-electron chi connectivity index (χ4n) is 4.23. The number of fused-ring (bicyclic) bond motifs is 1. The van der Waals surface area contributed by atoms with E-state index in [4.69, 9.17) is 14.2 Å². The van der Waals surface area contributed by atoms with Crippen molar-refractivity contribution in [3.8, 4) is 0 Å². The molecule has 0 saturated carbocycles. The highest BCUT2D eigenvalue weighted by molar-refractivity contribution is 8.00. The van der Waals surface area contributed by atoms with Gasteiger partial charge in [-0.15, -0.1) is 0 Å². The van der Waals surface area contributed by atoms with Crippen molar-refractivity contribution < 1.29 is 33.4 Å². The van der Waals surface area contributed by atoms with E-state index in [1.165, 1.54) is 0 Å². The minimum absolute atomic E-state index is 0.0578. The summed E-state index contributed by atoms with van der Waals surface area (Å²) in [5, 5.41) is 12.1. The summed E-state index contributed by atoms with van der Waals surface area (Å²) >= 11 is 1.90. The van der Waals surface area contributed by atoms with Gasteiger partial charge in [-0.05, 0) is 25.7 Å². The summed E-state index contributed by atoms with van der Waals surface area (Å²) in [6.45, 7) is 6.00. The third-order valence-corrected chi connectivity index (χ3v) is 7.93. The van der Waals surface area contributed by atoms with Crippen LogP contribution >= 0.6 is 11.8 Å². The summed E-state index contributed by atoms with van der Waals surface area (Å²) in [6.07, 6.45) is 5.90. The van der Waals surface area contributed by atoms with Crippen molar-refractivity contribution in [1.82, 2.24) is 21.3 Å². The van der Waals surface area contributed by atoms with Gasteiger partial charge in [-0.3, -0.25) is 14.4 Å². The van der Waals surface area contributed by atoms with Gasteiger partial charge in [0.05, 0.1) is 38.5 Å². The Morgan fingerprint density at radius 3 is 2.05 bits per heavy atom. The average molecular weight is 559 g/mol. The molecule has 218 valence electrons. The van der Waals surface area contributed by atoms with Gasteiger partial charge in [-0.25, -0.2) is 4.79 Å². The van der Waals surface area contributed by atoms with Crippen LogP contribution < -0.4 is 21.3 Å². The molecular weight excluding hydrogens is 512 g/mol. The van der Waals surface area contributed by atoms with Gasteiger partial charge in [0.2, 0.25) is 11.8 Å². The number of amides is 4. The maximum Gasteiger partial charge on any atom is 0.315 e. The first-order chi connectivity index (χ1) is 18.5. The Hall–Kier alpha value is -1.89. The Bertz CT molecular complexity index is 728. The Morgan fingerprint density at radius 2 is 1.42 bits per heavy atom. The Kier molecular flexibility index (Phi) is 17.1. The standard InChI is InChI=1S/C26H46N4O7S/c1-2-20(31)9-10-24(33)28-12-6-14-36-16-18-37-17-15-35-13-5-11-27-23(32)8-4-3-7-22-25-21(19-38-22)29-26(34)30-25/h21-22,25H,2-19H2,1H3,(H,27,32)(H,28,33)(H2,29,30,34)/t21-,22-,25-/m0/s1. The fourth-order valence-corrected chi connectivity index (χ4v) is 5.77. The van der Waals surface area contributed by atoms with Gasteiger partial charge in [-0.2, -0.15) is 11.8 Å². The minimum atomic E-state index is -0.0965. The lowest BCUT2D eigenvalue weighted by molar-refractivity contribution is -0.125. The van der Waals surface area contributed by atoms with Gasteiger partial charge in [0.25, 0.3) is 0 Å². The monoisotopic (exact) mass is 558 g/mol. The van der Waals surface area contributed by atoms with Crippen molar-refractivity contribution in [2.45, 2.75) is 82.0 Å². The molecule has 0 aromatic rings. The van der Waals surface area contributed by atoms with Gasteiger partial charge in [0.15, 0.2) is 0 Å². The van der Waals surface area contributed by atoms with Crippen LogP contribution in [0.25, 0.3) is 0 Å². The molecule has 0 aromatic heterocycles. The van der Waals surface area contributed by atoms with E-state index in [-0.39, 0.29) is 42.1 Å². The number of nitrogens with one attached hydrogen (secondary N) is 4. The molecule has 0 spiro atoms. The molecule has 2 heterocycles. The number of rotatable bonds is 23. The maximum absolute atomic E-state index is 12.0. The van der Waals surface area contributed by atoms with E-state index < -0.39 is 0 Å². The molecule has 11 nitrogen and oxygen atoms in total. The van der Waals surface area contributed by atoms with Gasteiger partial charge in [-0.1, -0.05) is 13.3 Å². The number of hydrogen-bond acceptors (Lipinski definition) is 8. The predicted molar refractivity (Wildman–Crippen MR) is 146 cm³/mol. The van der Waals surface area contributed by atoms with Crippen LogP contribution in [-0.2, 0) is 28.6 Å². The van der Waals surface area contributed by atoms with Gasteiger partial charge in [0.1, 0.15) is 5.78 Å². The number of unbranched alkanes of at least 4 members (excludes halogenated alkanes) is 1. The molecular formula is C26H46N4O7S. The van der Waals surface area contributed by atoms with Crippen LogP contribution in [0.15, 0.2) is 0 Å². The van der Waals surface area contributed by atoms with E-state index in [0.29, 0.717) is 83.7 Å². The second-order valence-corrected chi connectivity index (χ2v) is 10.8. The van der Waals surface area contributed by atoms with Crippen LogP contribution in [0.3, 0.4) is 0 Å². The number of Topliss-reactive ketones (excluding diaryl/α,β-unsaturated/α-hetero) is 1. The first-order valence-electron chi connectivity index (χ1n) is 14.0. The number of ketones is 1. The van der Waals surface area contributed by atoms with Gasteiger partial charge >= 0.3 is 6.03 Å². The molecule has 2 aliphatic rings. The molecule has 2 aliphatic heterocycles. The molecule has 0 unspecified atom stereocenters. The molecule has 2 rings (SSSR count). The zero-order valence-electron chi connectivity index (χ0n) is 22.7. The molecule has 38 heavy (non-hydrogen) atoms. The number of carbonyl (C=O) groups is 4. The highest BCUT2D eigenvalue weighted by Gasteiger charge is 2.42. The normalized spacial score (nSPS) is 20.0. The van der Waals surface area contributed by atoms with Crippen LogP contribution in [0.2, 0.25) is 0 Å². The van der Waals surface area contributed by atoms with Gasteiger partial charge < -0.3 is 35.5 Å². The molecule has 4 amide bonds. The second-order valence-electron chi connectivity index (χ2n) is 9.50. The third-order valence-electron chi connectivity index (χ3n) is 6.43. The van der Waals surface area contributed by atoms with Crippen molar-refractivity contribution in [1.29, 1.82) is 0 Å². The first kappa shape index (κ1) is 32.3. The van der Waals surface area contributed by atoms with E-state index >= 15 is 0 Å². The zero-order valence-corrected chi connectivity index (χ0v) is 23.5. The van der Waals surface area contributed by atoms with Crippen molar-refractivity contribution in [3.05, 3.63) is 0 Å². The smallest absolute Gasteiger partial charge is 0.315 e. The van der Waals surface area contributed by atoms with E-state index in [1.807, 2.05) is 11.8 Å². The summed E-state index contributed by atoms with van der Waals surface area (Å²) in [7, 11) is 0. The summed E-state index contributed by atoms with van der Waals surface area (Å²) in [5.41, 5.74) is 0. The summed E-state index contributed by atoms with van der Waals surface area (Å²) < 4.78 is 16.4. The lowest BCUT2D eigenvalue weighted by Crippen LogP contribution is -2.36. The largest absolute Gasteiger partial charge is 0.379 e. The SMILES string of the molecule is CCC(=O)CCC(=O)NCCCOCCOCCOCCCNC(=O)CCCC[C@@H]1SC[C@@H]2NC(=O)N[C@@H]21. The molecule has 0 bridgehead atoms. The van der Waals surface area contributed by atoms with Crippen LogP contribution in [0, 0.1) is 0 Å². The molecule has 4 N–H and O–H groups in total. The fraction of sp³-hybridized carbons (Fsp3) is 0.846. The van der Waals surface area contributed by atoms with E-state index in [1.54, 1.807) is 6.92 Å². The number of hydrogen-bond donors (Lipinski definition) is 4.